The molecule has 0 spiro atoms. The van der Waals surface area contributed by atoms with Crippen molar-refractivity contribution in [1.82, 2.24) is 10.6 Å². The lowest BCUT2D eigenvalue weighted by Gasteiger charge is -2.07. The molecule has 0 aliphatic heterocycles. The fourth-order valence-electron chi connectivity index (χ4n) is 2.37. The third-order valence-electron chi connectivity index (χ3n) is 3.83. The lowest BCUT2D eigenvalue weighted by Crippen LogP contribution is -2.29. The molecule has 2 aromatic carbocycles. The summed E-state index contributed by atoms with van der Waals surface area (Å²) in [6.07, 6.45) is 0.604. The molecule has 0 atom stereocenters. The molecule has 0 bridgehead atoms. The number of halogens is 3. The third kappa shape index (κ3) is 7.26. The van der Waals surface area contributed by atoms with Crippen LogP contribution in [-0.4, -0.2) is 30.7 Å². The number of amides is 2. The molecule has 0 aliphatic carbocycles. The molecule has 0 aliphatic rings. The quantitative estimate of drug-likeness (QED) is 0.588. The van der Waals surface area contributed by atoms with Gasteiger partial charge in [-0.05, 0) is 30.2 Å². The Morgan fingerprint density at radius 2 is 1.71 bits per heavy atom. The first-order valence-electron chi connectivity index (χ1n) is 8.78. The van der Waals surface area contributed by atoms with E-state index in [9.17, 15) is 22.8 Å². The molecule has 0 saturated carbocycles. The van der Waals surface area contributed by atoms with Gasteiger partial charge in [0.25, 0.3) is 5.91 Å². The topological polar surface area (TPSA) is 58.2 Å². The lowest BCUT2D eigenvalue weighted by atomic mass is 10.2. The normalized spacial score (nSPS) is 10.5. The first-order chi connectivity index (χ1) is 13.5. The highest BCUT2D eigenvalue weighted by atomic mass is 32.2. The highest BCUT2D eigenvalue weighted by Gasteiger charge is 2.12. The van der Waals surface area contributed by atoms with Gasteiger partial charge in [0.1, 0.15) is 17.5 Å². The van der Waals surface area contributed by atoms with Gasteiger partial charge in [-0.1, -0.05) is 18.2 Å². The molecule has 2 N–H and O–H groups in total. The summed E-state index contributed by atoms with van der Waals surface area (Å²) in [6.45, 7) is 0.663. The average Bonchev–Trinajstić information content (AvgIpc) is 2.66. The lowest BCUT2D eigenvalue weighted by molar-refractivity contribution is -0.121. The van der Waals surface area contributed by atoms with Crippen molar-refractivity contribution in [2.75, 3.05) is 18.8 Å². The zero-order valence-corrected chi connectivity index (χ0v) is 16.0. The molecule has 2 rings (SSSR count). The first-order valence-corrected chi connectivity index (χ1v) is 9.94. The summed E-state index contributed by atoms with van der Waals surface area (Å²) < 4.78 is 39.8. The van der Waals surface area contributed by atoms with Crippen molar-refractivity contribution in [2.45, 2.75) is 18.6 Å². The maximum atomic E-state index is 13.5. The number of benzene rings is 2. The van der Waals surface area contributed by atoms with E-state index in [-0.39, 0.29) is 30.3 Å². The fraction of sp³-hybridized carbons (Fsp3) is 0.300. The second kappa shape index (κ2) is 11.4. The number of nitrogens with one attached hydrogen (secondary N) is 2. The highest BCUT2D eigenvalue weighted by molar-refractivity contribution is 7.98. The summed E-state index contributed by atoms with van der Waals surface area (Å²) in [6, 6.07) is 9.30. The van der Waals surface area contributed by atoms with E-state index in [0.29, 0.717) is 36.1 Å². The van der Waals surface area contributed by atoms with Gasteiger partial charge in [0, 0.05) is 37.1 Å². The monoisotopic (exact) mass is 410 g/mol. The Bertz CT molecular complexity index is 818. The summed E-state index contributed by atoms with van der Waals surface area (Å²) in [5.74, 6) is -1.53. The van der Waals surface area contributed by atoms with Gasteiger partial charge < -0.3 is 10.6 Å². The van der Waals surface area contributed by atoms with Crippen molar-refractivity contribution in [3.8, 4) is 0 Å². The van der Waals surface area contributed by atoms with Crippen LogP contribution < -0.4 is 10.6 Å². The molecule has 2 amide bonds. The first kappa shape index (κ1) is 21.8. The maximum absolute atomic E-state index is 13.5. The van der Waals surface area contributed by atoms with E-state index in [1.807, 2.05) is 0 Å². The van der Waals surface area contributed by atoms with Crippen molar-refractivity contribution >= 4 is 23.6 Å². The Balaban J connectivity index is 1.55. The summed E-state index contributed by atoms with van der Waals surface area (Å²) in [4.78, 5) is 23.5. The van der Waals surface area contributed by atoms with E-state index in [1.54, 1.807) is 18.2 Å². The number of thioether (sulfide) groups is 1. The zero-order chi connectivity index (χ0) is 20.4. The van der Waals surface area contributed by atoms with Gasteiger partial charge in [-0.15, -0.1) is 0 Å². The Morgan fingerprint density at radius 3 is 2.46 bits per heavy atom. The van der Waals surface area contributed by atoms with Gasteiger partial charge >= 0.3 is 0 Å². The number of carbonyl (C=O) groups excluding carboxylic acids is 2. The van der Waals surface area contributed by atoms with Crippen LogP contribution in [0.25, 0.3) is 0 Å². The van der Waals surface area contributed by atoms with Crippen LogP contribution >= 0.6 is 11.8 Å². The number of hydrogen-bond donors (Lipinski definition) is 2. The van der Waals surface area contributed by atoms with Crippen LogP contribution in [-0.2, 0) is 10.5 Å². The molecular weight excluding hydrogens is 389 g/mol. The molecule has 4 nitrogen and oxygen atoms in total. The van der Waals surface area contributed by atoms with E-state index in [1.165, 1.54) is 17.8 Å². The number of hydrogen-bond acceptors (Lipinski definition) is 3. The zero-order valence-electron chi connectivity index (χ0n) is 15.1. The average molecular weight is 410 g/mol. The molecular formula is C20H21F3N2O2S. The minimum absolute atomic E-state index is 0.159. The summed E-state index contributed by atoms with van der Waals surface area (Å²) in [5, 5.41) is 5.24. The number of carbonyl (C=O) groups is 2. The van der Waals surface area contributed by atoms with E-state index >= 15 is 0 Å². The molecule has 150 valence electrons. The van der Waals surface area contributed by atoms with Crippen LogP contribution in [0.4, 0.5) is 13.2 Å². The van der Waals surface area contributed by atoms with Crippen LogP contribution in [0.1, 0.15) is 28.8 Å². The van der Waals surface area contributed by atoms with E-state index in [4.69, 9.17) is 0 Å². The molecule has 0 fully saturated rings. The van der Waals surface area contributed by atoms with Gasteiger partial charge in [0.05, 0.1) is 5.56 Å². The van der Waals surface area contributed by atoms with Crippen molar-refractivity contribution in [2.24, 2.45) is 0 Å². The summed E-state index contributed by atoms with van der Waals surface area (Å²) in [5.41, 5.74) is 0.393. The van der Waals surface area contributed by atoms with Crippen molar-refractivity contribution < 1.29 is 22.8 Å². The van der Waals surface area contributed by atoms with E-state index < -0.39 is 17.5 Å². The summed E-state index contributed by atoms with van der Waals surface area (Å²) >= 11 is 1.52. The molecule has 28 heavy (non-hydrogen) atoms. The highest BCUT2D eigenvalue weighted by Crippen LogP contribution is 2.14. The molecule has 0 heterocycles. The Hall–Kier alpha value is -2.48. The standard InChI is InChI=1S/C20H21F3N2O2S/c21-15-7-8-16(18(23)12-15)20(27)25-9-3-6-19(26)24-10-11-28-13-14-4-1-2-5-17(14)22/h1-2,4-5,7-8,12H,3,6,9-11,13H2,(H,24,26)(H,25,27). The molecule has 0 unspecified atom stereocenters. The van der Waals surface area contributed by atoms with Crippen LogP contribution in [0.2, 0.25) is 0 Å². The van der Waals surface area contributed by atoms with Crippen LogP contribution in [0.15, 0.2) is 42.5 Å². The third-order valence-corrected chi connectivity index (χ3v) is 4.83. The Kier molecular flexibility index (Phi) is 8.87. The Morgan fingerprint density at radius 1 is 0.929 bits per heavy atom. The van der Waals surface area contributed by atoms with E-state index in [0.717, 1.165) is 12.1 Å². The summed E-state index contributed by atoms with van der Waals surface area (Å²) in [7, 11) is 0. The second-order valence-electron chi connectivity index (χ2n) is 5.98. The minimum Gasteiger partial charge on any atom is -0.355 e. The van der Waals surface area contributed by atoms with Gasteiger partial charge in [-0.3, -0.25) is 9.59 Å². The molecule has 0 saturated heterocycles. The molecule has 0 aromatic heterocycles. The van der Waals surface area contributed by atoms with Crippen molar-refractivity contribution in [1.29, 1.82) is 0 Å². The molecule has 0 radical (unpaired) electrons. The van der Waals surface area contributed by atoms with Crippen molar-refractivity contribution in [3.05, 3.63) is 71.0 Å². The number of rotatable bonds is 10. The SMILES string of the molecule is O=C(CCCNC(=O)c1ccc(F)cc1F)NCCSCc1ccccc1F. The largest absolute Gasteiger partial charge is 0.355 e. The van der Waals surface area contributed by atoms with Gasteiger partial charge in [0.15, 0.2) is 0 Å². The predicted molar refractivity (Wildman–Crippen MR) is 103 cm³/mol. The smallest absolute Gasteiger partial charge is 0.254 e. The molecule has 8 heteroatoms. The minimum atomic E-state index is -0.928. The van der Waals surface area contributed by atoms with Crippen LogP contribution in [0.5, 0.6) is 0 Å². The van der Waals surface area contributed by atoms with Crippen molar-refractivity contribution in [3.63, 3.8) is 0 Å². The van der Waals surface area contributed by atoms with Gasteiger partial charge in [-0.2, -0.15) is 11.8 Å². The second-order valence-corrected chi connectivity index (χ2v) is 7.08. The Labute approximate surface area is 165 Å². The van der Waals surface area contributed by atoms with E-state index in [2.05, 4.69) is 10.6 Å². The maximum Gasteiger partial charge on any atom is 0.254 e. The van der Waals surface area contributed by atoms with Crippen LogP contribution in [0, 0.1) is 17.5 Å². The fourth-order valence-corrected chi connectivity index (χ4v) is 3.21. The molecule has 2 aromatic rings. The van der Waals surface area contributed by atoms with Crippen LogP contribution in [0.3, 0.4) is 0 Å². The van der Waals surface area contributed by atoms with Gasteiger partial charge in [0.2, 0.25) is 5.91 Å². The van der Waals surface area contributed by atoms with Gasteiger partial charge in [-0.25, -0.2) is 13.2 Å². The predicted octanol–water partition coefficient (Wildman–Crippen LogP) is 3.66.